The molecule has 0 aromatic carbocycles. The van der Waals surface area contributed by atoms with Gasteiger partial charge in [0.05, 0.1) is 22.1 Å². The van der Waals surface area contributed by atoms with Crippen LogP contribution in [0, 0.1) is 22.7 Å². The number of unbranched alkanes of at least 4 members (excludes halogenated alkanes) is 1. The summed E-state index contributed by atoms with van der Waals surface area (Å²) in [5.41, 5.74) is -1.91. The van der Waals surface area contributed by atoms with Gasteiger partial charge in [0, 0.05) is 13.1 Å². The number of nitrogens with one attached hydrogen (secondary N) is 4. The quantitative estimate of drug-likeness (QED) is 0.198. The lowest BCUT2D eigenvalue weighted by atomic mass is 9.83. The molecule has 0 radical (unpaired) electrons. The highest BCUT2D eigenvalue weighted by Gasteiger charge is 2.70. The first-order valence-corrected chi connectivity index (χ1v) is 19.9. The fourth-order valence-electron chi connectivity index (χ4n) is 7.57. The van der Waals surface area contributed by atoms with Gasteiger partial charge in [-0.2, -0.15) is 0 Å². The van der Waals surface area contributed by atoms with Gasteiger partial charge in [0.25, 0.3) is 5.91 Å². The molecule has 12 nitrogen and oxygen atoms in total. The van der Waals surface area contributed by atoms with Crippen LogP contribution in [0.4, 0.5) is 4.79 Å². The molecule has 1 heterocycles. The first-order valence-electron chi connectivity index (χ1n) is 18.3. The van der Waals surface area contributed by atoms with Crippen molar-refractivity contribution in [1.29, 1.82) is 0 Å². The summed E-state index contributed by atoms with van der Waals surface area (Å²) >= 11 is 0. The van der Waals surface area contributed by atoms with Crippen LogP contribution in [-0.4, -0.2) is 90.1 Å². The second kappa shape index (κ2) is 15.3. The molecule has 4 N–H and O–H groups in total. The van der Waals surface area contributed by atoms with Crippen LogP contribution in [0.25, 0.3) is 0 Å². The molecular weight excluding hydrogens is 646 g/mol. The summed E-state index contributed by atoms with van der Waals surface area (Å²) < 4.78 is 25.6. The lowest BCUT2D eigenvalue weighted by Crippen LogP contribution is -2.64. The lowest BCUT2D eigenvalue weighted by Gasteiger charge is -2.41. The zero-order chi connectivity index (χ0) is 37.2. The summed E-state index contributed by atoms with van der Waals surface area (Å²) in [6, 6.07) is -3.53. The highest BCUT2D eigenvalue weighted by molar-refractivity contribution is 7.92. The largest absolute Gasteiger partial charge is 0.349 e. The third-order valence-corrected chi connectivity index (χ3v) is 13.8. The number of hydrogen-bond donors (Lipinski definition) is 4. The van der Waals surface area contributed by atoms with Gasteiger partial charge in [0.15, 0.2) is 9.84 Å². The SMILES string of the molecule is CCCC[C@H](NC(=O)[C@@H]1[C@@H]2[C@H](CN1C(=O)[C@@H](NC(=O)NC1(CS(=O)(=O)C(C)(C)C)CCCCC1)C(C)(C)C)C2(C)C)C(=O)C(=O)NCCC. The van der Waals surface area contributed by atoms with E-state index in [9.17, 15) is 32.4 Å². The van der Waals surface area contributed by atoms with E-state index in [4.69, 9.17) is 0 Å². The number of piperidine rings is 1. The van der Waals surface area contributed by atoms with Crippen molar-refractivity contribution in [1.82, 2.24) is 26.2 Å². The number of hydrogen-bond acceptors (Lipinski definition) is 7. The van der Waals surface area contributed by atoms with Crippen LogP contribution in [0.2, 0.25) is 0 Å². The standard InChI is InChI=1S/C36H63N5O7S/c1-11-13-17-24(27(42)30(44)37-20-12-2)38-29(43)26-25-23(35(25,9)10)21-41(26)31(45)28(33(3,4)5)39-32(46)40-36(18-15-14-16-19-36)22-49(47,48)34(6,7)8/h23-26,28H,11-22H2,1-10H3,(H,37,44)(H,38,43)(H2,39,40,46)/t23-,24-,25-,26-,28+/m0/s1. The molecule has 280 valence electrons. The van der Waals surface area contributed by atoms with E-state index in [-0.39, 0.29) is 23.0 Å². The van der Waals surface area contributed by atoms with Crippen LogP contribution in [-0.2, 0) is 29.0 Å². The Bertz CT molecular complexity index is 1360. The van der Waals surface area contributed by atoms with Crippen molar-refractivity contribution in [2.75, 3.05) is 18.8 Å². The van der Waals surface area contributed by atoms with E-state index in [1.54, 1.807) is 20.8 Å². The maximum Gasteiger partial charge on any atom is 0.315 e. The number of ketones is 1. The van der Waals surface area contributed by atoms with E-state index in [1.807, 2.05) is 34.6 Å². The predicted octanol–water partition coefficient (Wildman–Crippen LogP) is 3.87. The Morgan fingerprint density at radius 1 is 0.898 bits per heavy atom. The van der Waals surface area contributed by atoms with Gasteiger partial charge in [0.1, 0.15) is 12.1 Å². The summed E-state index contributed by atoms with van der Waals surface area (Å²) in [5, 5.41) is 11.3. The smallest absolute Gasteiger partial charge is 0.315 e. The number of sulfone groups is 1. The zero-order valence-electron chi connectivity index (χ0n) is 31.6. The number of carbonyl (C=O) groups is 5. The summed E-state index contributed by atoms with van der Waals surface area (Å²) in [6.07, 6.45) is 5.93. The minimum atomic E-state index is -3.56. The Hall–Kier alpha value is -2.70. The van der Waals surface area contributed by atoms with E-state index in [1.165, 1.54) is 4.90 Å². The zero-order valence-corrected chi connectivity index (χ0v) is 32.4. The van der Waals surface area contributed by atoms with E-state index >= 15 is 0 Å². The minimum Gasteiger partial charge on any atom is -0.349 e. The fraction of sp³-hybridized carbons (Fsp3) is 0.861. The third kappa shape index (κ3) is 9.35. The van der Waals surface area contributed by atoms with Crippen molar-refractivity contribution in [3.8, 4) is 0 Å². The fourth-order valence-corrected chi connectivity index (χ4v) is 9.09. The topological polar surface area (TPSA) is 171 Å². The monoisotopic (exact) mass is 709 g/mol. The molecule has 3 fully saturated rings. The number of carbonyl (C=O) groups excluding carboxylic acids is 5. The summed E-state index contributed by atoms with van der Waals surface area (Å²) in [4.78, 5) is 69.5. The van der Waals surface area contributed by atoms with Crippen molar-refractivity contribution >= 4 is 39.4 Å². The molecule has 3 aliphatic rings. The Morgan fingerprint density at radius 3 is 2.04 bits per heavy atom. The Labute approximate surface area is 294 Å². The number of urea groups is 1. The maximum absolute atomic E-state index is 14.4. The van der Waals surface area contributed by atoms with E-state index in [2.05, 4.69) is 35.1 Å². The first kappa shape index (κ1) is 40.7. The van der Waals surface area contributed by atoms with Gasteiger partial charge in [-0.15, -0.1) is 0 Å². The molecule has 0 unspecified atom stereocenters. The predicted molar refractivity (Wildman–Crippen MR) is 190 cm³/mol. The molecule has 49 heavy (non-hydrogen) atoms. The van der Waals surface area contributed by atoms with Crippen LogP contribution in [0.15, 0.2) is 0 Å². The third-order valence-electron chi connectivity index (χ3n) is 11.0. The summed E-state index contributed by atoms with van der Waals surface area (Å²) in [6.45, 7) is 19.1. The van der Waals surface area contributed by atoms with Gasteiger partial charge in [-0.3, -0.25) is 19.2 Å². The average Bonchev–Trinajstić information content (AvgIpc) is 3.30. The maximum atomic E-state index is 14.4. The van der Waals surface area contributed by atoms with Gasteiger partial charge >= 0.3 is 6.03 Å². The van der Waals surface area contributed by atoms with Crippen molar-refractivity contribution in [2.45, 2.75) is 155 Å². The number of likely N-dealkylation sites (tertiary alicyclic amines) is 1. The molecule has 0 spiro atoms. The van der Waals surface area contributed by atoms with Crippen molar-refractivity contribution < 1.29 is 32.4 Å². The van der Waals surface area contributed by atoms with Gasteiger partial charge < -0.3 is 26.2 Å². The van der Waals surface area contributed by atoms with E-state index < -0.39 is 73.2 Å². The molecular formula is C36H63N5O7S. The summed E-state index contributed by atoms with van der Waals surface area (Å²) in [7, 11) is -3.56. The molecule has 0 aromatic heterocycles. The van der Waals surface area contributed by atoms with Gasteiger partial charge in [-0.05, 0) is 69.1 Å². The Morgan fingerprint density at radius 2 is 1.51 bits per heavy atom. The van der Waals surface area contributed by atoms with Crippen LogP contribution in [0.5, 0.6) is 0 Å². The highest BCUT2D eigenvalue weighted by Crippen LogP contribution is 2.65. The molecule has 5 atom stereocenters. The average molecular weight is 710 g/mol. The van der Waals surface area contributed by atoms with Crippen LogP contribution < -0.4 is 21.3 Å². The van der Waals surface area contributed by atoms with E-state index in [0.717, 1.165) is 25.7 Å². The van der Waals surface area contributed by atoms with Gasteiger partial charge in [0.2, 0.25) is 17.6 Å². The number of amides is 5. The molecule has 2 saturated carbocycles. The second-order valence-electron chi connectivity index (χ2n) is 17.3. The minimum absolute atomic E-state index is 0.0624. The second-order valence-corrected chi connectivity index (χ2v) is 20.1. The molecule has 3 rings (SSSR count). The molecule has 13 heteroatoms. The Kier molecular flexibility index (Phi) is 12.7. The first-order chi connectivity index (χ1) is 22.5. The van der Waals surface area contributed by atoms with Crippen molar-refractivity contribution in [2.24, 2.45) is 22.7 Å². The van der Waals surface area contributed by atoms with Crippen LogP contribution >= 0.6 is 0 Å². The normalized spacial score (nSPS) is 24.2. The van der Waals surface area contributed by atoms with Crippen molar-refractivity contribution in [3.05, 3.63) is 0 Å². The number of rotatable bonds is 14. The molecule has 0 bridgehead atoms. The molecule has 5 amide bonds. The van der Waals surface area contributed by atoms with Gasteiger partial charge in [-0.25, -0.2) is 13.2 Å². The van der Waals surface area contributed by atoms with Gasteiger partial charge in [-0.1, -0.05) is 80.6 Å². The number of fused-ring (bicyclic) bond motifs is 1. The van der Waals surface area contributed by atoms with Crippen LogP contribution in [0.3, 0.4) is 0 Å². The molecule has 0 aromatic rings. The highest BCUT2D eigenvalue weighted by atomic mass is 32.2. The summed E-state index contributed by atoms with van der Waals surface area (Å²) in [5.74, 6) is -2.60. The van der Waals surface area contributed by atoms with Crippen LogP contribution in [0.1, 0.15) is 127 Å². The molecule has 1 saturated heterocycles. The molecule has 2 aliphatic carbocycles. The van der Waals surface area contributed by atoms with E-state index in [0.29, 0.717) is 45.2 Å². The number of nitrogens with zero attached hydrogens (tertiary/aromatic N) is 1. The Balaban J connectivity index is 1.86. The van der Waals surface area contributed by atoms with Crippen molar-refractivity contribution in [3.63, 3.8) is 0 Å². The molecule has 1 aliphatic heterocycles. The lowest BCUT2D eigenvalue weighted by molar-refractivity contribution is -0.145. The number of Topliss-reactive ketones (excluding diaryl/α,β-unsaturated/α-hetero) is 1.